The highest BCUT2D eigenvalue weighted by molar-refractivity contribution is 7.80. The van der Waals surface area contributed by atoms with Crippen molar-refractivity contribution in [3.05, 3.63) is 114 Å². The highest BCUT2D eigenvalue weighted by Crippen LogP contribution is 2.26. The van der Waals surface area contributed by atoms with Gasteiger partial charge in [-0.05, 0) is 46.6 Å². The van der Waals surface area contributed by atoms with Gasteiger partial charge in [0.25, 0.3) is 0 Å². The second kappa shape index (κ2) is 8.51. The Hall–Kier alpha value is -3.44. The van der Waals surface area contributed by atoms with E-state index in [1.165, 1.54) is 0 Å². The van der Waals surface area contributed by atoms with Crippen LogP contribution in [0.4, 0.5) is 13.2 Å². The summed E-state index contributed by atoms with van der Waals surface area (Å²) >= 11 is 5.19. The third kappa shape index (κ3) is 4.26. The number of halogens is 3. The van der Waals surface area contributed by atoms with E-state index in [0.29, 0.717) is 5.56 Å². The predicted octanol–water partition coefficient (Wildman–Crippen LogP) is 7.19. The molecule has 0 aliphatic carbocycles. The quantitative estimate of drug-likeness (QED) is 0.255. The van der Waals surface area contributed by atoms with Crippen molar-refractivity contribution in [1.82, 2.24) is 0 Å². The van der Waals surface area contributed by atoms with Gasteiger partial charge < -0.3 is 4.74 Å². The van der Waals surface area contributed by atoms with Gasteiger partial charge in [0.2, 0.25) is 0 Å². The monoisotopic (exact) mass is 420 g/mol. The molecule has 0 bridgehead atoms. The Balaban J connectivity index is 1.49. The molecule has 148 valence electrons. The zero-order chi connectivity index (χ0) is 21.1. The van der Waals surface area contributed by atoms with Crippen LogP contribution in [0.2, 0.25) is 0 Å². The fraction of sp³-hybridized carbons (Fsp3) is 0. The minimum absolute atomic E-state index is 0.0337. The summed E-state index contributed by atoms with van der Waals surface area (Å²) in [6.07, 6.45) is 0. The zero-order valence-corrected chi connectivity index (χ0v) is 16.4. The fourth-order valence-corrected chi connectivity index (χ4v) is 3.27. The predicted molar refractivity (Wildman–Crippen MR) is 116 cm³/mol. The first-order valence-corrected chi connectivity index (χ1v) is 9.55. The Kier molecular flexibility index (Phi) is 5.63. The summed E-state index contributed by atoms with van der Waals surface area (Å²) in [7, 11) is 0. The topological polar surface area (TPSA) is 9.23 Å². The van der Waals surface area contributed by atoms with Crippen molar-refractivity contribution in [3.8, 4) is 28.0 Å². The molecule has 1 nitrogen and oxygen atoms in total. The molecule has 0 saturated heterocycles. The van der Waals surface area contributed by atoms with Gasteiger partial charge in [-0.3, -0.25) is 0 Å². The molecule has 30 heavy (non-hydrogen) atoms. The number of benzene rings is 4. The Morgan fingerprint density at radius 2 is 1.03 bits per heavy atom. The molecular formula is C25H15F3OS. The third-order valence-electron chi connectivity index (χ3n) is 4.61. The van der Waals surface area contributed by atoms with Crippen molar-refractivity contribution < 1.29 is 17.9 Å². The second-order valence-electron chi connectivity index (χ2n) is 6.61. The van der Waals surface area contributed by atoms with Crippen molar-refractivity contribution in [1.29, 1.82) is 0 Å². The molecule has 4 rings (SSSR count). The van der Waals surface area contributed by atoms with E-state index in [0.717, 1.165) is 34.4 Å². The molecule has 0 fully saturated rings. The first-order valence-electron chi connectivity index (χ1n) is 9.14. The van der Waals surface area contributed by atoms with Crippen LogP contribution in [0.15, 0.2) is 91.0 Å². The van der Waals surface area contributed by atoms with Crippen LogP contribution in [-0.4, -0.2) is 5.05 Å². The molecule has 0 aliphatic heterocycles. The lowest BCUT2D eigenvalue weighted by atomic mass is 10.00. The Morgan fingerprint density at radius 1 is 0.600 bits per heavy atom. The average Bonchev–Trinajstić information content (AvgIpc) is 2.78. The van der Waals surface area contributed by atoms with Crippen LogP contribution in [0.1, 0.15) is 5.56 Å². The van der Waals surface area contributed by atoms with Gasteiger partial charge in [-0.1, -0.05) is 66.7 Å². The summed E-state index contributed by atoms with van der Waals surface area (Å²) in [5, 5.41) is 0.0337. The van der Waals surface area contributed by atoms with E-state index in [9.17, 15) is 13.2 Å². The molecule has 4 aromatic rings. The molecule has 0 atom stereocenters. The summed E-state index contributed by atoms with van der Waals surface area (Å²) in [5.41, 5.74) is 4.87. The van der Waals surface area contributed by atoms with E-state index >= 15 is 0 Å². The Morgan fingerprint density at radius 3 is 1.53 bits per heavy atom. The van der Waals surface area contributed by atoms with Gasteiger partial charge >= 0.3 is 0 Å². The van der Waals surface area contributed by atoms with Crippen molar-refractivity contribution in [2.24, 2.45) is 0 Å². The normalized spacial score (nSPS) is 10.6. The molecule has 5 heteroatoms. The largest absolute Gasteiger partial charge is 0.445 e. The molecule has 4 aromatic carbocycles. The van der Waals surface area contributed by atoms with Gasteiger partial charge in [-0.2, -0.15) is 0 Å². The van der Waals surface area contributed by atoms with E-state index in [2.05, 4.69) is 24.3 Å². The summed E-state index contributed by atoms with van der Waals surface area (Å²) in [6, 6.07) is 27.1. The molecule has 0 heterocycles. The van der Waals surface area contributed by atoms with E-state index in [1.54, 1.807) is 12.1 Å². The maximum atomic E-state index is 13.3. The van der Waals surface area contributed by atoms with Crippen molar-refractivity contribution in [2.45, 2.75) is 0 Å². The van der Waals surface area contributed by atoms with Crippen LogP contribution in [0.5, 0.6) is 5.75 Å². The van der Waals surface area contributed by atoms with Crippen LogP contribution < -0.4 is 4.74 Å². The van der Waals surface area contributed by atoms with Crippen LogP contribution in [0.3, 0.4) is 0 Å². The van der Waals surface area contributed by atoms with Crippen LogP contribution in [0.25, 0.3) is 22.3 Å². The molecule has 0 saturated carbocycles. The first-order chi connectivity index (χ1) is 14.5. The molecule has 0 N–H and O–H groups in total. The zero-order valence-electron chi connectivity index (χ0n) is 15.6. The number of thiocarbonyl (C=S) groups is 1. The SMILES string of the molecule is Fc1cc(OC(=S)c2ccc(-c3ccc(-c4ccccc4)cc3)cc2)cc(F)c1F. The number of rotatable bonds is 4. The smallest absolute Gasteiger partial charge is 0.198 e. The van der Waals surface area contributed by atoms with Crippen molar-refractivity contribution in [2.75, 3.05) is 0 Å². The van der Waals surface area contributed by atoms with Gasteiger partial charge in [0.1, 0.15) is 5.75 Å². The lowest BCUT2D eigenvalue weighted by Gasteiger charge is -2.09. The van der Waals surface area contributed by atoms with E-state index in [1.807, 2.05) is 42.5 Å². The third-order valence-corrected chi connectivity index (χ3v) is 4.93. The summed E-state index contributed by atoms with van der Waals surface area (Å²) in [4.78, 5) is 0. The lowest BCUT2D eigenvalue weighted by Crippen LogP contribution is -2.08. The standard InChI is InChI=1S/C25H15F3OS/c26-22-14-21(15-23(27)24(22)28)29-25(30)20-12-10-19(11-13-20)18-8-6-17(7-9-18)16-4-2-1-3-5-16/h1-15H. The van der Waals surface area contributed by atoms with Crippen LogP contribution in [-0.2, 0) is 0 Å². The maximum absolute atomic E-state index is 13.3. The Bertz CT molecular complexity index is 1160. The molecule has 0 unspecified atom stereocenters. The maximum Gasteiger partial charge on any atom is 0.198 e. The van der Waals surface area contributed by atoms with Gasteiger partial charge in [0, 0.05) is 17.7 Å². The second-order valence-corrected chi connectivity index (χ2v) is 6.98. The summed E-state index contributed by atoms with van der Waals surface area (Å²) < 4.78 is 45.0. The van der Waals surface area contributed by atoms with Gasteiger partial charge in [-0.25, -0.2) is 13.2 Å². The lowest BCUT2D eigenvalue weighted by molar-refractivity contribution is 0.436. The highest BCUT2D eigenvalue weighted by Gasteiger charge is 2.13. The minimum atomic E-state index is -1.55. The molecule has 0 aliphatic rings. The fourth-order valence-electron chi connectivity index (χ4n) is 3.04. The van der Waals surface area contributed by atoms with E-state index in [4.69, 9.17) is 17.0 Å². The van der Waals surface area contributed by atoms with Crippen molar-refractivity contribution in [3.63, 3.8) is 0 Å². The van der Waals surface area contributed by atoms with Crippen LogP contribution in [0, 0.1) is 17.5 Å². The van der Waals surface area contributed by atoms with Gasteiger partial charge in [-0.15, -0.1) is 0 Å². The summed E-state index contributed by atoms with van der Waals surface area (Å²) in [5.74, 6) is -4.41. The average molecular weight is 420 g/mol. The number of hydrogen-bond donors (Lipinski definition) is 0. The number of hydrogen-bond acceptors (Lipinski definition) is 2. The van der Waals surface area contributed by atoms with Gasteiger partial charge in [0.05, 0.1) is 0 Å². The molecule has 0 aromatic heterocycles. The summed E-state index contributed by atoms with van der Waals surface area (Å²) in [6.45, 7) is 0. The first kappa shape index (κ1) is 19.9. The Labute approximate surface area is 177 Å². The molecule has 0 spiro atoms. The molecular weight excluding hydrogens is 405 g/mol. The highest BCUT2D eigenvalue weighted by atomic mass is 32.1. The van der Waals surface area contributed by atoms with E-state index in [-0.39, 0.29) is 10.8 Å². The molecule has 0 radical (unpaired) electrons. The van der Waals surface area contributed by atoms with E-state index < -0.39 is 17.5 Å². The number of ether oxygens (including phenoxy) is 1. The van der Waals surface area contributed by atoms with Crippen molar-refractivity contribution >= 4 is 17.3 Å². The minimum Gasteiger partial charge on any atom is -0.445 e. The van der Waals surface area contributed by atoms with Gasteiger partial charge in [0.15, 0.2) is 22.5 Å². The van der Waals surface area contributed by atoms with Crippen LogP contribution >= 0.6 is 12.2 Å². The molecule has 0 amide bonds.